The van der Waals surface area contributed by atoms with Crippen molar-refractivity contribution in [3.8, 4) is 0 Å². The molecule has 0 aliphatic carbocycles. The summed E-state index contributed by atoms with van der Waals surface area (Å²) in [7, 11) is 0. The van der Waals surface area contributed by atoms with E-state index >= 15 is 0 Å². The second kappa shape index (κ2) is 8.21. The fourth-order valence-electron chi connectivity index (χ4n) is 2.13. The number of nitrogens with one attached hydrogen (secondary N) is 2. The highest BCUT2D eigenvalue weighted by atomic mass is 19.4. The van der Waals surface area contributed by atoms with E-state index in [1.807, 2.05) is 0 Å². The van der Waals surface area contributed by atoms with Crippen molar-refractivity contribution in [3.05, 3.63) is 41.6 Å². The van der Waals surface area contributed by atoms with E-state index in [4.69, 9.17) is 5.73 Å². The van der Waals surface area contributed by atoms with Crippen molar-refractivity contribution in [1.29, 1.82) is 0 Å². The Labute approximate surface area is 153 Å². The summed E-state index contributed by atoms with van der Waals surface area (Å²) in [6, 6.07) is 5.97. The third kappa shape index (κ3) is 5.55. The van der Waals surface area contributed by atoms with Gasteiger partial charge in [-0.2, -0.15) is 18.2 Å². The number of nitrogens with zero attached hydrogens (tertiary/aromatic N) is 2. The van der Waals surface area contributed by atoms with Crippen LogP contribution in [-0.4, -0.2) is 33.6 Å². The molecule has 0 bridgehead atoms. The van der Waals surface area contributed by atoms with Crippen LogP contribution in [0.25, 0.3) is 0 Å². The average Bonchev–Trinajstić information content (AvgIpc) is 2.59. The summed E-state index contributed by atoms with van der Waals surface area (Å²) in [6.07, 6.45) is -4.73. The van der Waals surface area contributed by atoms with Gasteiger partial charge in [-0.3, -0.25) is 4.79 Å². The van der Waals surface area contributed by atoms with Crippen LogP contribution in [0.4, 0.5) is 30.6 Å². The number of halogens is 3. The lowest BCUT2D eigenvalue weighted by Crippen LogP contribution is -2.31. The van der Waals surface area contributed by atoms with Crippen molar-refractivity contribution in [3.63, 3.8) is 0 Å². The number of aliphatic hydroxyl groups is 1. The van der Waals surface area contributed by atoms with E-state index in [9.17, 15) is 23.1 Å². The summed E-state index contributed by atoms with van der Waals surface area (Å²) in [5, 5.41) is 14.3. The smallest absolute Gasteiger partial charge is 0.399 e. The van der Waals surface area contributed by atoms with Gasteiger partial charge in [0, 0.05) is 17.3 Å². The largest absolute Gasteiger partial charge is 0.433 e. The Hall–Kier alpha value is -2.88. The maximum absolute atomic E-state index is 13.1. The van der Waals surface area contributed by atoms with E-state index in [1.165, 1.54) is 24.3 Å². The Morgan fingerprint density at radius 2 is 1.85 bits per heavy atom. The summed E-state index contributed by atoms with van der Waals surface area (Å²) in [5.41, 5.74) is 4.99. The number of alkyl halides is 3. The molecule has 2 aromatic rings. The third-order valence-electron chi connectivity index (χ3n) is 3.75. The number of amides is 1. The number of carbonyl (C=O) groups excluding carboxylic acids is 1. The van der Waals surface area contributed by atoms with Gasteiger partial charge in [-0.1, -0.05) is 13.8 Å². The van der Waals surface area contributed by atoms with Crippen molar-refractivity contribution < 1.29 is 23.1 Å². The first-order valence-corrected chi connectivity index (χ1v) is 8.10. The molecule has 0 aliphatic rings. The van der Waals surface area contributed by atoms with Crippen molar-refractivity contribution in [1.82, 2.24) is 9.97 Å². The summed E-state index contributed by atoms with van der Waals surface area (Å²) < 4.78 is 39.4. The Morgan fingerprint density at radius 1 is 1.22 bits per heavy atom. The lowest BCUT2D eigenvalue weighted by molar-refractivity contribution is -0.141. The topological polar surface area (TPSA) is 113 Å². The predicted molar refractivity (Wildman–Crippen MR) is 95.2 cm³/mol. The van der Waals surface area contributed by atoms with Crippen LogP contribution < -0.4 is 16.4 Å². The molecule has 10 heteroatoms. The minimum Gasteiger partial charge on any atom is -0.399 e. The standard InChI is InChI=1S/C17H20F3N5O2/c1-9(2)12(8-26)22-16-23-13(17(18,19)20)7-14(25-16)24-15(27)10-3-5-11(21)6-4-10/h3-7,9,12,26H,8,21H2,1-2H3,(H2,22,23,24,25,27)/t12-/m1/s1. The first kappa shape index (κ1) is 20.4. The lowest BCUT2D eigenvalue weighted by Gasteiger charge is -2.21. The Balaban J connectivity index is 2.32. The van der Waals surface area contributed by atoms with Gasteiger partial charge in [-0.15, -0.1) is 0 Å². The summed E-state index contributed by atoms with van der Waals surface area (Å²) in [5.74, 6) is -1.39. The molecule has 1 atom stereocenters. The zero-order chi connectivity index (χ0) is 20.2. The third-order valence-corrected chi connectivity index (χ3v) is 3.75. The van der Waals surface area contributed by atoms with E-state index < -0.39 is 23.8 Å². The van der Waals surface area contributed by atoms with Crippen LogP contribution in [0.1, 0.15) is 29.9 Å². The highest BCUT2D eigenvalue weighted by molar-refractivity contribution is 6.04. The molecule has 0 aliphatic heterocycles. The number of anilines is 3. The first-order chi connectivity index (χ1) is 12.6. The molecular weight excluding hydrogens is 363 g/mol. The molecule has 27 heavy (non-hydrogen) atoms. The Morgan fingerprint density at radius 3 is 2.37 bits per heavy atom. The van der Waals surface area contributed by atoms with Crippen LogP contribution in [0.3, 0.4) is 0 Å². The molecule has 146 valence electrons. The SMILES string of the molecule is CC(C)[C@@H](CO)Nc1nc(NC(=O)c2ccc(N)cc2)cc(C(F)(F)F)n1. The van der Waals surface area contributed by atoms with E-state index in [0.29, 0.717) is 11.8 Å². The lowest BCUT2D eigenvalue weighted by atomic mass is 10.1. The average molecular weight is 383 g/mol. The fourth-order valence-corrected chi connectivity index (χ4v) is 2.13. The zero-order valence-corrected chi connectivity index (χ0v) is 14.7. The van der Waals surface area contributed by atoms with Gasteiger partial charge >= 0.3 is 6.18 Å². The van der Waals surface area contributed by atoms with E-state index in [0.717, 1.165) is 0 Å². The van der Waals surface area contributed by atoms with Crippen LogP contribution in [0.2, 0.25) is 0 Å². The molecule has 0 radical (unpaired) electrons. The molecule has 0 saturated carbocycles. The molecule has 7 nitrogen and oxygen atoms in total. The van der Waals surface area contributed by atoms with Gasteiger partial charge in [0.2, 0.25) is 5.95 Å². The first-order valence-electron chi connectivity index (χ1n) is 8.10. The molecule has 0 unspecified atom stereocenters. The quantitative estimate of drug-likeness (QED) is 0.571. The molecule has 1 aromatic carbocycles. The highest BCUT2D eigenvalue weighted by Gasteiger charge is 2.34. The van der Waals surface area contributed by atoms with Gasteiger partial charge < -0.3 is 21.5 Å². The van der Waals surface area contributed by atoms with Crippen molar-refractivity contribution in [2.75, 3.05) is 23.0 Å². The van der Waals surface area contributed by atoms with Crippen molar-refractivity contribution in [2.45, 2.75) is 26.1 Å². The van der Waals surface area contributed by atoms with E-state index in [1.54, 1.807) is 13.8 Å². The monoisotopic (exact) mass is 383 g/mol. The molecule has 0 fully saturated rings. The van der Waals surface area contributed by atoms with Crippen molar-refractivity contribution in [2.24, 2.45) is 5.92 Å². The maximum atomic E-state index is 13.1. The molecule has 1 heterocycles. The minimum atomic E-state index is -4.73. The number of nitrogen functional groups attached to an aromatic ring is 1. The zero-order valence-electron chi connectivity index (χ0n) is 14.7. The van der Waals surface area contributed by atoms with Gasteiger partial charge in [0.1, 0.15) is 5.82 Å². The van der Waals surface area contributed by atoms with Crippen LogP contribution in [0, 0.1) is 5.92 Å². The summed E-state index contributed by atoms with van der Waals surface area (Å²) in [6.45, 7) is 3.25. The molecule has 5 N–H and O–H groups in total. The predicted octanol–water partition coefficient (Wildman–Crippen LogP) is 2.76. The van der Waals surface area contributed by atoms with Crippen LogP contribution in [0.5, 0.6) is 0 Å². The number of hydrogen-bond acceptors (Lipinski definition) is 6. The number of carbonyl (C=O) groups is 1. The molecule has 2 rings (SSSR count). The molecule has 0 spiro atoms. The van der Waals surface area contributed by atoms with E-state index in [2.05, 4.69) is 20.6 Å². The van der Waals surface area contributed by atoms with Crippen LogP contribution in [-0.2, 0) is 6.18 Å². The van der Waals surface area contributed by atoms with Gasteiger partial charge in [-0.05, 0) is 30.2 Å². The van der Waals surface area contributed by atoms with E-state index in [-0.39, 0.29) is 29.9 Å². The minimum absolute atomic E-state index is 0.0824. The van der Waals surface area contributed by atoms with Gasteiger partial charge in [-0.25, -0.2) is 4.98 Å². The normalized spacial score (nSPS) is 12.7. The van der Waals surface area contributed by atoms with Gasteiger partial charge in [0.05, 0.1) is 12.6 Å². The second-order valence-corrected chi connectivity index (χ2v) is 6.21. The van der Waals surface area contributed by atoms with Crippen LogP contribution in [0.15, 0.2) is 30.3 Å². The number of hydrogen-bond donors (Lipinski definition) is 4. The number of benzene rings is 1. The number of aliphatic hydroxyl groups excluding tert-OH is 1. The fraction of sp³-hybridized carbons (Fsp3) is 0.353. The molecule has 1 amide bonds. The highest BCUT2D eigenvalue weighted by Crippen LogP contribution is 2.30. The van der Waals surface area contributed by atoms with Gasteiger partial charge in [0.25, 0.3) is 5.91 Å². The Bertz CT molecular complexity index is 794. The maximum Gasteiger partial charge on any atom is 0.433 e. The Kier molecular flexibility index (Phi) is 6.21. The number of aromatic nitrogens is 2. The van der Waals surface area contributed by atoms with Crippen molar-refractivity contribution >= 4 is 23.4 Å². The summed E-state index contributed by atoms with van der Waals surface area (Å²) in [4.78, 5) is 19.6. The molecule has 1 aromatic heterocycles. The number of rotatable bonds is 6. The van der Waals surface area contributed by atoms with Gasteiger partial charge in [0.15, 0.2) is 5.69 Å². The summed E-state index contributed by atoms with van der Waals surface area (Å²) >= 11 is 0. The molecule has 0 saturated heterocycles. The van der Waals surface area contributed by atoms with Crippen LogP contribution >= 0.6 is 0 Å². The second-order valence-electron chi connectivity index (χ2n) is 6.21. The number of nitrogens with two attached hydrogens (primary N) is 1. The molecular formula is C17H20F3N5O2.